The molecule has 1 amide bonds. The van der Waals surface area contributed by atoms with Crippen molar-refractivity contribution in [2.24, 2.45) is 0 Å². The molecule has 1 N–H and O–H groups in total. The van der Waals surface area contributed by atoms with Gasteiger partial charge >= 0.3 is 5.69 Å². The maximum atomic E-state index is 11.9. The van der Waals surface area contributed by atoms with E-state index in [9.17, 15) is 25.0 Å². The Morgan fingerprint density at radius 2 is 1.76 bits per heavy atom. The van der Waals surface area contributed by atoms with Gasteiger partial charge in [-0.25, -0.2) is 0 Å². The van der Waals surface area contributed by atoms with Crippen LogP contribution < -0.4 is 14.8 Å². The van der Waals surface area contributed by atoms with Crippen molar-refractivity contribution in [1.29, 1.82) is 0 Å². The molecule has 0 saturated carbocycles. The summed E-state index contributed by atoms with van der Waals surface area (Å²) in [5.74, 6) is -0.451. The van der Waals surface area contributed by atoms with Crippen LogP contribution in [0.4, 0.5) is 17.1 Å². The van der Waals surface area contributed by atoms with Gasteiger partial charge in [0.25, 0.3) is 11.6 Å². The summed E-state index contributed by atoms with van der Waals surface area (Å²) in [5.41, 5.74) is -0.436. The average Bonchev–Trinajstić information content (AvgIpc) is 2.59. The van der Waals surface area contributed by atoms with Crippen molar-refractivity contribution in [2.45, 2.75) is 0 Å². The highest BCUT2D eigenvalue weighted by Crippen LogP contribution is 2.30. The van der Waals surface area contributed by atoms with Crippen LogP contribution in [0.1, 0.15) is 0 Å². The van der Waals surface area contributed by atoms with E-state index < -0.39 is 22.4 Å². The number of ether oxygens (including phenoxy) is 2. The van der Waals surface area contributed by atoms with Crippen LogP contribution >= 0.6 is 0 Å². The first-order chi connectivity index (χ1) is 11.9. The Morgan fingerprint density at radius 1 is 1.08 bits per heavy atom. The lowest BCUT2D eigenvalue weighted by molar-refractivity contribution is -0.385. The van der Waals surface area contributed by atoms with Gasteiger partial charge in [-0.15, -0.1) is 0 Å². The topological polar surface area (TPSA) is 134 Å². The smallest absolute Gasteiger partial charge is 0.311 e. The quantitative estimate of drug-likeness (QED) is 0.600. The lowest BCUT2D eigenvalue weighted by Gasteiger charge is -2.09. The molecule has 0 radical (unpaired) electrons. The zero-order chi connectivity index (χ0) is 18.4. The van der Waals surface area contributed by atoms with Crippen LogP contribution in [-0.4, -0.2) is 29.5 Å². The number of methoxy groups -OCH3 is 1. The van der Waals surface area contributed by atoms with Crippen molar-refractivity contribution >= 4 is 23.0 Å². The van der Waals surface area contributed by atoms with Crippen molar-refractivity contribution in [3.05, 3.63) is 62.7 Å². The Morgan fingerprint density at radius 3 is 2.40 bits per heavy atom. The maximum absolute atomic E-state index is 11.9. The number of nitrogens with zero attached hydrogens (tertiary/aromatic N) is 2. The van der Waals surface area contributed by atoms with Crippen LogP contribution in [0, 0.1) is 20.2 Å². The minimum atomic E-state index is -0.619. The molecule has 0 fully saturated rings. The molecule has 2 rings (SSSR count). The Kier molecular flexibility index (Phi) is 5.46. The van der Waals surface area contributed by atoms with Gasteiger partial charge in [0.1, 0.15) is 11.4 Å². The molecule has 130 valence electrons. The summed E-state index contributed by atoms with van der Waals surface area (Å²) in [6.45, 7) is -0.437. The van der Waals surface area contributed by atoms with Crippen molar-refractivity contribution in [1.82, 2.24) is 0 Å². The van der Waals surface area contributed by atoms with E-state index in [0.29, 0.717) is 0 Å². The molecule has 0 atom stereocenters. The highest BCUT2D eigenvalue weighted by atomic mass is 16.6. The fourth-order valence-electron chi connectivity index (χ4n) is 1.97. The average molecular weight is 347 g/mol. The van der Waals surface area contributed by atoms with E-state index in [1.54, 1.807) is 6.07 Å². The Hall–Kier alpha value is -3.69. The maximum Gasteiger partial charge on any atom is 0.311 e. The van der Waals surface area contributed by atoms with Crippen LogP contribution in [-0.2, 0) is 4.79 Å². The fraction of sp³-hybridized carbons (Fsp3) is 0.133. The molecule has 0 aliphatic rings. The lowest BCUT2D eigenvalue weighted by atomic mass is 10.2. The summed E-state index contributed by atoms with van der Waals surface area (Å²) < 4.78 is 10.1. The molecule has 0 aromatic heterocycles. The summed E-state index contributed by atoms with van der Waals surface area (Å²) in [6.07, 6.45) is 0. The molecule has 0 unspecified atom stereocenters. The molecule has 10 heteroatoms. The van der Waals surface area contributed by atoms with E-state index in [2.05, 4.69) is 5.32 Å². The van der Waals surface area contributed by atoms with Gasteiger partial charge in [0.05, 0.1) is 17.0 Å². The van der Waals surface area contributed by atoms with Crippen LogP contribution in [0.2, 0.25) is 0 Å². The molecule has 0 spiro atoms. The number of carbonyl (C=O) groups is 1. The summed E-state index contributed by atoms with van der Waals surface area (Å²) in [5, 5.41) is 24.1. The molecule has 0 saturated heterocycles. The van der Waals surface area contributed by atoms with E-state index in [1.807, 2.05) is 0 Å². The van der Waals surface area contributed by atoms with Crippen molar-refractivity contribution in [3.63, 3.8) is 0 Å². The molecule has 0 bridgehead atoms. The normalized spacial score (nSPS) is 9.96. The summed E-state index contributed by atoms with van der Waals surface area (Å²) in [4.78, 5) is 32.4. The zero-order valence-corrected chi connectivity index (χ0v) is 13.0. The number of para-hydroxylation sites is 2. The molecular formula is C15H13N3O7. The molecular weight excluding hydrogens is 334 g/mol. The lowest BCUT2D eigenvalue weighted by Crippen LogP contribution is -2.20. The third-order valence-electron chi connectivity index (χ3n) is 3.09. The van der Waals surface area contributed by atoms with E-state index in [1.165, 1.54) is 43.5 Å². The third kappa shape index (κ3) is 4.41. The van der Waals surface area contributed by atoms with E-state index in [-0.39, 0.29) is 28.6 Å². The number of hydrogen-bond acceptors (Lipinski definition) is 7. The van der Waals surface area contributed by atoms with Gasteiger partial charge in [-0.1, -0.05) is 12.1 Å². The molecule has 10 nitrogen and oxygen atoms in total. The minimum Gasteiger partial charge on any atom is -0.490 e. The zero-order valence-electron chi connectivity index (χ0n) is 13.0. The molecule has 0 heterocycles. The number of benzene rings is 2. The Labute approximate surface area is 141 Å². The third-order valence-corrected chi connectivity index (χ3v) is 3.09. The van der Waals surface area contributed by atoms with Gasteiger partial charge in [-0.3, -0.25) is 25.0 Å². The van der Waals surface area contributed by atoms with Crippen LogP contribution in [0.3, 0.4) is 0 Å². The SMILES string of the molecule is COc1cc(OCC(=O)Nc2ccccc2[N+](=O)[O-])ccc1[N+](=O)[O-]. The summed E-state index contributed by atoms with van der Waals surface area (Å²) >= 11 is 0. The van der Waals surface area contributed by atoms with Gasteiger partial charge in [-0.05, 0) is 12.1 Å². The first kappa shape index (κ1) is 17.7. The van der Waals surface area contributed by atoms with E-state index in [4.69, 9.17) is 9.47 Å². The van der Waals surface area contributed by atoms with Crippen molar-refractivity contribution in [3.8, 4) is 11.5 Å². The fourth-order valence-corrected chi connectivity index (χ4v) is 1.97. The number of nitrogens with one attached hydrogen (secondary N) is 1. The second-order valence-corrected chi connectivity index (χ2v) is 4.70. The first-order valence-corrected chi connectivity index (χ1v) is 6.91. The monoisotopic (exact) mass is 347 g/mol. The first-order valence-electron chi connectivity index (χ1n) is 6.91. The van der Waals surface area contributed by atoms with Gasteiger partial charge < -0.3 is 14.8 Å². The Bertz CT molecular complexity index is 823. The highest BCUT2D eigenvalue weighted by Gasteiger charge is 2.17. The van der Waals surface area contributed by atoms with Crippen molar-refractivity contribution in [2.75, 3.05) is 19.0 Å². The predicted octanol–water partition coefficient (Wildman–Crippen LogP) is 2.53. The second kappa shape index (κ2) is 7.73. The number of hydrogen-bond donors (Lipinski definition) is 1. The largest absolute Gasteiger partial charge is 0.490 e. The number of carbonyl (C=O) groups excluding carboxylic acids is 1. The molecule has 2 aromatic rings. The second-order valence-electron chi connectivity index (χ2n) is 4.70. The summed E-state index contributed by atoms with van der Waals surface area (Å²) in [7, 11) is 1.27. The van der Waals surface area contributed by atoms with Gasteiger partial charge in [-0.2, -0.15) is 0 Å². The van der Waals surface area contributed by atoms with Gasteiger partial charge in [0.2, 0.25) is 5.75 Å². The van der Waals surface area contributed by atoms with E-state index in [0.717, 1.165) is 0 Å². The number of rotatable bonds is 7. The van der Waals surface area contributed by atoms with Gasteiger partial charge in [0.15, 0.2) is 6.61 Å². The molecule has 25 heavy (non-hydrogen) atoms. The standard InChI is InChI=1S/C15H13N3O7/c1-24-14-8-10(6-7-13(14)18(22)23)25-9-15(19)16-11-4-2-3-5-12(11)17(20)21/h2-8H,9H2,1H3,(H,16,19). The minimum absolute atomic E-state index is 0.0124. The number of amides is 1. The van der Waals surface area contributed by atoms with Crippen LogP contribution in [0.25, 0.3) is 0 Å². The Balaban J connectivity index is 2.03. The van der Waals surface area contributed by atoms with Gasteiger partial charge in [0, 0.05) is 18.2 Å². The summed E-state index contributed by atoms with van der Waals surface area (Å²) in [6, 6.07) is 9.46. The molecule has 2 aromatic carbocycles. The predicted molar refractivity (Wildman–Crippen MR) is 86.9 cm³/mol. The molecule has 0 aliphatic heterocycles. The highest BCUT2D eigenvalue weighted by molar-refractivity contribution is 5.94. The molecule has 0 aliphatic carbocycles. The number of nitro groups is 2. The number of nitro benzene ring substituents is 2. The van der Waals surface area contributed by atoms with Crippen LogP contribution in [0.5, 0.6) is 11.5 Å². The van der Waals surface area contributed by atoms with Crippen molar-refractivity contribution < 1.29 is 24.1 Å². The number of anilines is 1. The van der Waals surface area contributed by atoms with Crippen LogP contribution in [0.15, 0.2) is 42.5 Å². The van der Waals surface area contributed by atoms with E-state index >= 15 is 0 Å².